The molecule has 2 aliphatic heterocycles. The molecule has 1 saturated carbocycles. The maximum atomic E-state index is 6.85. The van der Waals surface area contributed by atoms with Gasteiger partial charge in [0.15, 0.2) is 0 Å². The van der Waals surface area contributed by atoms with Crippen molar-refractivity contribution >= 4 is 15.9 Å². The van der Waals surface area contributed by atoms with Crippen molar-refractivity contribution in [2.24, 2.45) is 23.2 Å². The Balaban J connectivity index is 1.27. The number of ether oxygens (including phenoxy) is 3. The number of alkyl halides is 1. The first kappa shape index (κ1) is 19.3. The zero-order valence-corrected chi connectivity index (χ0v) is 18.4. The fraction of sp³-hybridized carbons (Fsp3) is 0.667. The van der Waals surface area contributed by atoms with E-state index in [9.17, 15) is 0 Å². The van der Waals surface area contributed by atoms with Gasteiger partial charge >= 0.3 is 0 Å². The first-order valence-electron chi connectivity index (χ1n) is 10.7. The molecule has 2 bridgehead atoms. The molecule has 0 spiro atoms. The Morgan fingerprint density at radius 3 is 2.86 bits per heavy atom. The zero-order chi connectivity index (χ0) is 19.4. The second-order valence-corrected chi connectivity index (χ2v) is 10.7. The lowest BCUT2D eigenvalue weighted by Crippen LogP contribution is -2.44. The van der Waals surface area contributed by atoms with Gasteiger partial charge in [-0.05, 0) is 55.4 Å². The van der Waals surface area contributed by atoms with Gasteiger partial charge in [0.05, 0.1) is 24.4 Å². The smallest absolute Gasteiger partial charge is 0.147 e. The second kappa shape index (κ2) is 7.23. The van der Waals surface area contributed by atoms with Crippen LogP contribution >= 0.6 is 15.9 Å². The van der Waals surface area contributed by atoms with E-state index in [-0.39, 0.29) is 17.1 Å². The monoisotopic (exact) mass is 446 g/mol. The van der Waals surface area contributed by atoms with E-state index in [0.717, 1.165) is 12.8 Å². The number of allylic oxidation sites excluding steroid dienone is 1. The Morgan fingerprint density at radius 1 is 1.21 bits per heavy atom. The summed E-state index contributed by atoms with van der Waals surface area (Å²) in [5.41, 5.74) is 1.29. The summed E-state index contributed by atoms with van der Waals surface area (Å²) < 4.78 is 19.0. The molecule has 3 nitrogen and oxygen atoms in total. The third-order valence-corrected chi connectivity index (χ3v) is 9.40. The molecule has 152 valence electrons. The van der Waals surface area contributed by atoms with Gasteiger partial charge in [-0.25, -0.2) is 0 Å². The van der Waals surface area contributed by atoms with E-state index in [1.165, 1.54) is 18.4 Å². The van der Waals surface area contributed by atoms with E-state index in [2.05, 4.69) is 54.1 Å². The Morgan fingerprint density at radius 2 is 2.04 bits per heavy atom. The van der Waals surface area contributed by atoms with Crippen LogP contribution in [0.15, 0.2) is 42.5 Å². The maximum absolute atomic E-state index is 6.85. The van der Waals surface area contributed by atoms with Gasteiger partial charge < -0.3 is 14.2 Å². The van der Waals surface area contributed by atoms with Crippen molar-refractivity contribution in [3.05, 3.63) is 48.0 Å². The average molecular weight is 447 g/mol. The molecule has 1 aromatic carbocycles. The molecule has 3 fully saturated rings. The van der Waals surface area contributed by atoms with Crippen molar-refractivity contribution in [1.29, 1.82) is 0 Å². The molecule has 4 heteroatoms. The summed E-state index contributed by atoms with van der Waals surface area (Å²) in [4.78, 5) is 0.363. The minimum absolute atomic E-state index is 0.0932. The number of hydrogen-bond acceptors (Lipinski definition) is 3. The summed E-state index contributed by atoms with van der Waals surface area (Å²) in [7, 11) is 0. The highest BCUT2D eigenvalue weighted by Crippen LogP contribution is 2.64. The van der Waals surface area contributed by atoms with Crippen molar-refractivity contribution in [1.82, 2.24) is 0 Å². The highest BCUT2D eigenvalue weighted by molar-refractivity contribution is 9.09. The number of rotatable bonds is 5. The molecule has 28 heavy (non-hydrogen) atoms. The van der Waals surface area contributed by atoms with Crippen LogP contribution in [0.25, 0.3) is 0 Å². The number of fused-ring (bicyclic) bond motifs is 7. The van der Waals surface area contributed by atoms with Gasteiger partial charge in [0.25, 0.3) is 0 Å². The standard InChI is InChI=1S/C24H31BrO3/c1-23-12-11-20(27-15-26-14-16-7-4-3-5-8-16)19(23)13-21(25)24(2)18-10-6-9-17(18)22(23)28-24/h3-8,10,17-22H,9,11-15H2,1-2H3/t17-,18+,19-,20?,21+,22-,23+,24?/m1/s1. The number of hydrogen-bond donors (Lipinski definition) is 0. The molecule has 5 rings (SSSR count). The lowest BCUT2D eigenvalue weighted by molar-refractivity contribution is -0.122. The van der Waals surface area contributed by atoms with E-state index < -0.39 is 0 Å². The quantitative estimate of drug-likeness (QED) is 0.259. The fourth-order valence-electron chi connectivity index (χ4n) is 6.51. The van der Waals surface area contributed by atoms with Crippen LogP contribution < -0.4 is 0 Å². The molecule has 2 unspecified atom stereocenters. The maximum Gasteiger partial charge on any atom is 0.147 e. The lowest BCUT2D eigenvalue weighted by Gasteiger charge is -2.41. The van der Waals surface area contributed by atoms with Crippen molar-refractivity contribution in [2.45, 2.75) is 68.8 Å². The molecule has 2 saturated heterocycles. The van der Waals surface area contributed by atoms with Crippen LogP contribution in [0.2, 0.25) is 0 Å². The second-order valence-electron chi connectivity index (χ2n) is 9.59. The van der Waals surface area contributed by atoms with Gasteiger partial charge in [0.1, 0.15) is 6.79 Å². The third-order valence-electron chi connectivity index (χ3n) is 8.12. The van der Waals surface area contributed by atoms with Crippen molar-refractivity contribution in [3.8, 4) is 0 Å². The molecule has 2 heterocycles. The van der Waals surface area contributed by atoms with Gasteiger partial charge in [-0.2, -0.15) is 0 Å². The van der Waals surface area contributed by atoms with Gasteiger partial charge in [0.2, 0.25) is 0 Å². The zero-order valence-electron chi connectivity index (χ0n) is 16.9. The van der Waals surface area contributed by atoms with E-state index in [1.807, 2.05) is 18.2 Å². The highest BCUT2D eigenvalue weighted by Gasteiger charge is 2.66. The summed E-state index contributed by atoms with van der Waals surface area (Å²) in [5, 5.41) is 0. The lowest BCUT2D eigenvalue weighted by atomic mass is 9.64. The van der Waals surface area contributed by atoms with Crippen molar-refractivity contribution in [2.75, 3.05) is 6.79 Å². The largest absolute Gasteiger partial charge is 0.369 e. The van der Waals surface area contributed by atoms with Crippen LogP contribution in [0, 0.1) is 23.2 Å². The Kier molecular flexibility index (Phi) is 4.98. The van der Waals surface area contributed by atoms with E-state index in [0.29, 0.717) is 42.1 Å². The molecule has 0 radical (unpaired) electrons. The molecule has 0 N–H and O–H groups in total. The van der Waals surface area contributed by atoms with Crippen LogP contribution in [0.1, 0.15) is 45.1 Å². The normalized spacial score (nSPS) is 46.4. The third kappa shape index (κ3) is 2.94. The minimum atomic E-state index is -0.0932. The molecule has 4 aliphatic rings. The molecule has 2 aliphatic carbocycles. The summed E-state index contributed by atoms with van der Waals surface area (Å²) in [6.07, 6.45) is 9.98. The number of halogens is 1. The van der Waals surface area contributed by atoms with Crippen LogP contribution in [0.4, 0.5) is 0 Å². The number of benzene rings is 1. The average Bonchev–Trinajstić information content (AvgIpc) is 3.36. The first-order valence-corrected chi connectivity index (χ1v) is 11.7. The summed E-state index contributed by atoms with van der Waals surface area (Å²) in [6.45, 7) is 5.76. The van der Waals surface area contributed by atoms with Gasteiger partial charge in [-0.1, -0.05) is 65.3 Å². The summed E-state index contributed by atoms with van der Waals surface area (Å²) >= 11 is 4.04. The van der Waals surface area contributed by atoms with Gasteiger partial charge in [-0.3, -0.25) is 0 Å². The molecule has 1 aromatic rings. The molecular formula is C24H31BrO3. The minimum Gasteiger partial charge on any atom is -0.369 e. The molecule has 0 aromatic heterocycles. The highest BCUT2D eigenvalue weighted by atomic mass is 79.9. The Bertz CT molecular complexity index is 737. The van der Waals surface area contributed by atoms with Crippen LogP contribution in [0.3, 0.4) is 0 Å². The predicted molar refractivity (Wildman–Crippen MR) is 113 cm³/mol. The predicted octanol–water partition coefficient (Wildman–Crippen LogP) is 5.48. The van der Waals surface area contributed by atoms with E-state index in [1.54, 1.807) is 0 Å². The van der Waals surface area contributed by atoms with Crippen LogP contribution in [0.5, 0.6) is 0 Å². The fourth-order valence-corrected chi connectivity index (χ4v) is 7.33. The Labute approximate surface area is 176 Å². The topological polar surface area (TPSA) is 27.7 Å². The van der Waals surface area contributed by atoms with Crippen LogP contribution in [-0.2, 0) is 20.8 Å². The molecular weight excluding hydrogens is 416 g/mol. The SMILES string of the molecule is CC12O[C@H]([C@@H]3CC=C[C@@H]31)[C@@]1(C)CCC(OCOCc3ccccc3)[C@H]1C[C@@H]2Br. The molecule has 0 amide bonds. The summed E-state index contributed by atoms with van der Waals surface area (Å²) in [6, 6.07) is 10.3. The summed E-state index contributed by atoms with van der Waals surface area (Å²) in [5.74, 6) is 1.70. The Hall–Kier alpha value is -0.680. The first-order chi connectivity index (χ1) is 13.5. The van der Waals surface area contributed by atoms with Crippen LogP contribution in [-0.4, -0.2) is 29.4 Å². The molecule has 8 atom stereocenters. The van der Waals surface area contributed by atoms with Crippen molar-refractivity contribution in [3.63, 3.8) is 0 Å². The van der Waals surface area contributed by atoms with E-state index >= 15 is 0 Å². The van der Waals surface area contributed by atoms with Gasteiger partial charge in [-0.15, -0.1) is 0 Å². The van der Waals surface area contributed by atoms with Crippen molar-refractivity contribution < 1.29 is 14.2 Å². The van der Waals surface area contributed by atoms with Gasteiger partial charge in [0, 0.05) is 10.7 Å². The van der Waals surface area contributed by atoms with E-state index in [4.69, 9.17) is 14.2 Å².